The normalized spacial score (nSPS) is 10.9. The van der Waals surface area contributed by atoms with Gasteiger partial charge in [-0.2, -0.15) is 0 Å². The number of hydrogen-bond donors (Lipinski definition) is 1. The van der Waals surface area contributed by atoms with Crippen LogP contribution in [-0.2, 0) is 0 Å². The molecule has 3 rings (SSSR count). The molecule has 84 valence electrons. The average Bonchev–Trinajstić information content (AvgIpc) is 2.68. The standard InChI is InChI=1S/C12H9FN4/c13-9-5-1-2-6-10(9)17-12-8(11(14)16-17)4-3-7-15-12/h1-7H,(H2,14,16). The Kier molecular flexibility index (Phi) is 2.04. The molecule has 4 nitrogen and oxygen atoms in total. The molecule has 0 bridgehead atoms. The van der Waals surface area contributed by atoms with Crippen LogP contribution in [0.1, 0.15) is 0 Å². The molecule has 0 spiro atoms. The van der Waals surface area contributed by atoms with Gasteiger partial charge in [0.25, 0.3) is 0 Å². The summed E-state index contributed by atoms with van der Waals surface area (Å²) in [5, 5.41) is 4.83. The molecule has 2 N–H and O–H groups in total. The Morgan fingerprint density at radius 1 is 1.12 bits per heavy atom. The van der Waals surface area contributed by atoms with Crippen LogP contribution < -0.4 is 5.73 Å². The molecule has 3 aromatic rings. The molecule has 1 aromatic carbocycles. The van der Waals surface area contributed by atoms with E-state index >= 15 is 0 Å². The van der Waals surface area contributed by atoms with Gasteiger partial charge in [0.05, 0.1) is 5.39 Å². The van der Waals surface area contributed by atoms with E-state index in [4.69, 9.17) is 5.73 Å². The molecule has 0 radical (unpaired) electrons. The highest BCUT2D eigenvalue weighted by Gasteiger charge is 2.12. The number of aromatic nitrogens is 3. The maximum absolute atomic E-state index is 13.7. The van der Waals surface area contributed by atoms with Crippen molar-refractivity contribution in [2.24, 2.45) is 0 Å². The van der Waals surface area contributed by atoms with Crippen LogP contribution in [0.4, 0.5) is 10.2 Å². The quantitative estimate of drug-likeness (QED) is 0.694. The lowest BCUT2D eigenvalue weighted by atomic mass is 10.3. The summed E-state index contributed by atoms with van der Waals surface area (Å²) < 4.78 is 15.1. The zero-order valence-electron chi connectivity index (χ0n) is 8.84. The Morgan fingerprint density at radius 3 is 2.76 bits per heavy atom. The van der Waals surface area contributed by atoms with Crippen molar-refractivity contribution < 1.29 is 4.39 Å². The number of anilines is 1. The highest BCUT2D eigenvalue weighted by Crippen LogP contribution is 2.22. The Hall–Kier alpha value is -2.43. The highest BCUT2D eigenvalue weighted by atomic mass is 19.1. The second-order valence-electron chi connectivity index (χ2n) is 3.62. The van der Waals surface area contributed by atoms with Crippen molar-refractivity contribution in [3.8, 4) is 5.69 Å². The van der Waals surface area contributed by atoms with Crippen molar-refractivity contribution in [1.29, 1.82) is 0 Å². The molecule has 0 unspecified atom stereocenters. The first-order valence-electron chi connectivity index (χ1n) is 5.11. The van der Waals surface area contributed by atoms with Crippen LogP contribution in [-0.4, -0.2) is 14.8 Å². The Labute approximate surface area is 96.5 Å². The van der Waals surface area contributed by atoms with E-state index in [1.807, 2.05) is 6.07 Å². The number of benzene rings is 1. The lowest BCUT2D eigenvalue weighted by molar-refractivity contribution is 0.613. The predicted molar refractivity (Wildman–Crippen MR) is 63.2 cm³/mol. The number of nitrogens with two attached hydrogens (primary N) is 1. The lowest BCUT2D eigenvalue weighted by Gasteiger charge is -2.02. The molecular weight excluding hydrogens is 219 g/mol. The molecule has 0 aliphatic heterocycles. The van der Waals surface area contributed by atoms with Crippen LogP contribution in [0, 0.1) is 5.82 Å². The van der Waals surface area contributed by atoms with Gasteiger partial charge in [0, 0.05) is 6.20 Å². The van der Waals surface area contributed by atoms with Gasteiger partial charge in [-0.3, -0.25) is 0 Å². The van der Waals surface area contributed by atoms with Gasteiger partial charge >= 0.3 is 0 Å². The number of halogens is 1. The zero-order valence-corrected chi connectivity index (χ0v) is 8.84. The number of para-hydroxylation sites is 1. The maximum atomic E-state index is 13.7. The summed E-state index contributed by atoms with van der Waals surface area (Å²) in [5.41, 5.74) is 6.66. The molecular formula is C12H9FN4. The van der Waals surface area contributed by atoms with Crippen LogP contribution in [0.15, 0.2) is 42.6 Å². The minimum Gasteiger partial charge on any atom is -0.382 e. The van der Waals surface area contributed by atoms with Crippen molar-refractivity contribution in [2.75, 3.05) is 5.73 Å². The summed E-state index contributed by atoms with van der Waals surface area (Å²) in [4.78, 5) is 4.17. The van der Waals surface area contributed by atoms with E-state index < -0.39 is 0 Å². The maximum Gasteiger partial charge on any atom is 0.165 e. The van der Waals surface area contributed by atoms with E-state index in [0.717, 1.165) is 5.39 Å². The van der Waals surface area contributed by atoms with E-state index in [0.29, 0.717) is 17.2 Å². The fourth-order valence-corrected chi connectivity index (χ4v) is 1.77. The fraction of sp³-hybridized carbons (Fsp3) is 0. The third-order valence-electron chi connectivity index (χ3n) is 2.55. The summed E-state index contributed by atoms with van der Waals surface area (Å²) >= 11 is 0. The Bertz CT molecular complexity index is 690. The summed E-state index contributed by atoms with van der Waals surface area (Å²) in [6, 6.07) is 9.96. The molecule has 0 saturated heterocycles. The molecule has 0 aliphatic carbocycles. The second-order valence-corrected chi connectivity index (χ2v) is 3.62. The van der Waals surface area contributed by atoms with Gasteiger partial charge in [-0.05, 0) is 24.3 Å². The topological polar surface area (TPSA) is 56.7 Å². The summed E-state index contributed by atoms with van der Waals surface area (Å²) in [6.07, 6.45) is 1.63. The van der Waals surface area contributed by atoms with Gasteiger partial charge in [-0.1, -0.05) is 12.1 Å². The molecule has 0 fully saturated rings. The summed E-state index contributed by atoms with van der Waals surface area (Å²) in [6.45, 7) is 0. The lowest BCUT2D eigenvalue weighted by Crippen LogP contribution is -2.00. The Balaban J connectivity index is 2.35. The summed E-state index contributed by atoms with van der Waals surface area (Å²) in [7, 11) is 0. The first kappa shape index (κ1) is 9.77. The van der Waals surface area contributed by atoms with E-state index in [1.54, 1.807) is 30.5 Å². The molecule has 17 heavy (non-hydrogen) atoms. The SMILES string of the molecule is Nc1nn(-c2ccccc2F)c2ncccc12. The van der Waals surface area contributed by atoms with Crippen LogP contribution in [0.3, 0.4) is 0 Å². The van der Waals surface area contributed by atoms with Crippen molar-refractivity contribution in [3.63, 3.8) is 0 Å². The number of nitrogen functional groups attached to an aromatic ring is 1. The predicted octanol–water partition coefficient (Wildman–Crippen LogP) is 2.14. The first-order valence-corrected chi connectivity index (χ1v) is 5.11. The minimum atomic E-state index is -0.359. The Morgan fingerprint density at radius 2 is 1.94 bits per heavy atom. The molecule has 0 aliphatic rings. The smallest absolute Gasteiger partial charge is 0.165 e. The van der Waals surface area contributed by atoms with Crippen LogP contribution in [0.5, 0.6) is 0 Å². The number of rotatable bonds is 1. The van der Waals surface area contributed by atoms with Crippen LogP contribution in [0.2, 0.25) is 0 Å². The fourth-order valence-electron chi connectivity index (χ4n) is 1.77. The second kappa shape index (κ2) is 3.55. The van der Waals surface area contributed by atoms with Gasteiger partial charge in [-0.15, -0.1) is 5.10 Å². The molecule has 0 amide bonds. The summed E-state index contributed by atoms with van der Waals surface area (Å²) in [5.74, 6) is -0.0149. The van der Waals surface area contributed by atoms with E-state index in [-0.39, 0.29) is 5.82 Å². The van der Waals surface area contributed by atoms with Crippen molar-refractivity contribution >= 4 is 16.9 Å². The first-order chi connectivity index (χ1) is 8.27. The third-order valence-corrected chi connectivity index (χ3v) is 2.55. The molecule has 5 heteroatoms. The van der Waals surface area contributed by atoms with E-state index in [2.05, 4.69) is 10.1 Å². The van der Waals surface area contributed by atoms with Crippen molar-refractivity contribution in [3.05, 3.63) is 48.4 Å². The van der Waals surface area contributed by atoms with Crippen LogP contribution >= 0.6 is 0 Å². The van der Waals surface area contributed by atoms with Gasteiger partial charge in [-0.25, -0.2) is 14.1 Å². The largest absolute Gasteiger partial charge is 0.382 e. The van der Waals surface area contributed by atoms with Gasteiger partial charge in [0.1, 0.15) is 11.5 Å². The molecule has 0 saturated carbocycles. The van der Waals surface area contributed by atoms with Gasteiger partial charge < -0.3 is 5.73 Å². The monoisotopic (exact) mass is 228 g/mol. The number of fused-ring (bicyclic) bond motifs is 1. The van der Waals surface area contributed by atoms with Gasteiger partial charge in [0.2, 0.25) is 0 Å². The van der Waals surface area contributed by atoms with Crippen molar-refractivity contribution in [1.82, 2.24) is 14.8 Å². The molecule has 2 aromatic heterocycles. The van der Waals surface area contributed by atoms with Crippen molar-refractivity contribution in [2.45, 2.75) is 0 Å². The van der Waals surface area contributed by atoms with Gasteiger partial charge in [0.15, 0.2) is 11.5 Å². The highest BCUT2D eigenvalue weighted by molar-refractivity contribution is 5.87. The van der Waals surface area contributed by atoms with E-state index in [9.17, 15) is 4.39 Å². The molecule has 2 heterocycles. The van der Waals surface area contributed by atoms with E-state index in [1.165, 1.54) is 10.7 Å². The van der Waals surface area contributed by atoms with Crippen LogP contribution in [0.25, 0.3) is 16.7 Å². The number of nitrogens with zero attached hydrogens (tertiary/aromatic N) is 3. The zero-order chi connectivity index (χ0) is 11.8. The minimum absolute atomic E-state index is 0.341. The molecule has 0 atom stereocenters. The third kappa shape index (κ3) is 1.44. The number of hydrogen-bond acceptors (Lipinski definition) is 3. The number of pyridine rings is 1. The average molecular weight is 228 g/mol.